The molecular weight excluding hydrogens is 302 g/mol. The molecule has 0 saturated carbocycles. The van der Waals surface area contributed by atoms with E-state index in [-0.39, 0.29) is 0 Å². The summed E-state index contributed by atoms with van der Waals surface area (Å²) in [4.78, 5) is 4.47. The van der Waals surface area contributed by atoms with Crippen LogP contribution in [0.3, 0.4) is 0 Å². The molecule has 3 nitrogen and oxygen atoms in total. The zero-order valence-corrected chi connectivity index (χ0v) is 12.4. The van der Waals surface area contributed by atoms with Crippen molar-refractivity contribution in [3.63, 3.8) is 0 Å². The summed E-state index contributed by atoms with van der Waals surface area (Å²) in [5.74, 6) is 0.852. The average molecular weight is 316 g/mol. The van der Waals surface area contributed by atoms with Crippen LogP contribution >= 0.6 is 15.9 Å². The number of anilines is 1. The van der Waals surface area contributed by atoms with Crippen molar-refractivity contribution in [2.24, 2.45) is 0 Å². The Hall–Kier alpha value is -1.81. The first-order valence-corrected chi connectivity index (χ1v) is 6.91. The van der Waals surface area contributed by atoms with Crippen LogP contribution in [-0.2, 0) is 0 Å². The van der Waals surface area contributed by atoms with Crippen molar-refractivity contribution in [2.75, 3.05) is 12.4 Å². The number of hydrogen-bond donors (Lipinski definition) is 1. The molecule has 96 valence electrons. The van der Waals surface area contributed by atoms with E-state index in [9.17, 15) is 0 Å². The van der Waals surface area contributed by atoms with Gasteiger partial charge >= 0.3 is 0 Å². The largest absolute Gasteiger partial charge is 0.358 e. The predicted octanol–water partition coefficient (Wildman–Crippen LogP) is 4.14. The maximum Gasteiger partial charge on any atom is 0.207 e. The van der Waals surface area contributed by atoms with Crippen molar-refractivity contribution < 1.29 is 0 Å². The summed E-state index contributed by atoms with van der Waals surface area (Å²) in [7, 11) is 1.89. The molecule has 0 radical (unpaired) electrons. The average Bonchev–Trinajstić information content (AvgIpc) is 2.80. The van der Waals surface area contributed by atoms with Crippen molar-refractivity contribution >= 4 is 32.7 Å². The van der Waals surface area contributed by atoms with Gasteiger partial charge in [-0.3, -0.25) is 4.57 Å². The molecule has 0 unspecified atom stereocenters. The summed E-state index contributed by atoms with van der Waals surface area (Å²) in [6.45, 7) is 2.00. The first-order chi connectivity index (χ1) is 9.20. The molecule has 2 aromatic carbocycles. The summed E-state index contributed by atoms with van der Waals surface area (Å²) in [6.07, 6.45) is 2.04. The number of benzene rings is 2. The number of rotatable bonds is 2. The van der Waals surface area contributed by atoms with Crippen LogP contribution in [0.2, 0.25) is 0 Å². The van der Waals surface area contributed by atoms with E-state index in [1.807, 2.05) is 20.2 Å². The highest BCUT2D eigenvalue weighted by atomic mass is 79.9. The van der Waals surface area contributed by atoms with E-state index in [1.165, 1.54) is 10.8 Å². The molecule has 0 aliphatic rings. The normalized spacial score (nSPS) is 10.9. The Bertz CT molecular complexity index is 746. The molecule has 0 aliphatic carbocycles. The number of nitrogens with one attached hydrogen (secondary N) is 1. The highest BCUT2D eigenvalue weighted by Crippen LogP contribution is 2.30. The minimum Gasteiger partial charge on any atom is -0.358 e. The number of fused-ring (bicyclic) bond motifs is 1. The molecule has 0 spiro atoms. The van der Waals surface area contributed by atoms with Crippen LogP contribution in [0.4, 0.5) is 5.95 Å². The van der Waals surface area contributed by atoms with Gasteiger partial charge in [-0.2, -0.15) is 0 Å². The van der Waals surface area contributed by atoms with Crippen molar-refractivity contribution in [1.82, 2.24) is 9.55 Å². The molecule has 3 rings (SSSR count). The maximum atomic E-state index is 4.47. The van der Waals surface area contributed by atoms with Gasteiger partial charge in [-0.15, -0.1) is 0 Å². The first-order valence-electron chi connectivity index (χ1n) is 6.12. The molecule has 0 bridgehead atoms. The second-order valence-corrected chi connectivity index (χ2v) is 5.29. The van der Waals surface area contributed by atoms with E-state index < -0.39 is 0 Å². The lowest BCUT2D eigenvalue weighted by Crippen LogP contribution is -2.01. The predicted molar refractivity (Wildman–Crippen MR) is 83.1 cm³/mol. The third-order valence-electron chi connectivity index (χ3n) is 3.16. The van der Waals surface area contributed by atoms with Gasteiger partial charge in [0.25, 0.3) is 0 Å². The van der Waals surface area contributed by atoms with Gasteiger partial charge < -0.3 is 5.32 Å². The van der Waals surface area contributed by atoms with Crippen LogP contribution in [0.15, 0.2) is 47.1 Å². The van der Waals surface area contributed by atoms with E-state index in [4.69, 9.17) is 0 Å². The fraction of sp³-hybridized carbons (Fsp3) is 0.133. The number of aromatic nitrogens is 2. The van der Waals surface area contributed by atoms with Gasteiger partial charge in [0.2, 0.25) is 5.95 Å². The summed E-state index contributed by atoms with van der Waals surface area (Å²) >= 11 is 3.60. The number of nitrogens with zero attached hydrogens (tertiary/aromatic N) is 2. The topological polar surface area (TPSA) is 29.9 Å². The summed E-state index contributed by atoms with van der Waals surface area (Å²) < 4.78 is 3.19. The minimum absolute atomic E-state index is 0.852. The Morgan fingerprint density at radius 3 is 2.58 bits per heavy atom. The van der Waals surface area contributed by atoms with E-state index in [0.717, 1.165) is 21.8 Å². The first kappa shape index (κ1) is 12.2. The minimum atomic E-state index is 0.852. The SMILES string of the molecule is CNc1nc(C)cn1-c1ccc(Br)c2ccccc12. The maximum absolute atomic E-state index is 4.47. The molecular formula is C15H14BrN3. The van der Waals surface area contributed by atoms with Gasteiger partial charge in [-0.1, -0.05) is 40.2 Å². The van der Waals surface area contributed by atoms with Gasteiger partial charge in [0.1, 0.15) is 0 Å². The quantitative estimate of drug-likeness (QED) is 0.770. The molecule has 1 aromatic heterocycles. The summed E-state index contributed by atoms with van der Waals surface area (Å²) in [6, 6.07) is 12.5. The smallest absolute Gasteiger partial charge is 0.207 e. The molecule has 0 fully saturated rings. The fourth-order valence-corrected chi connectivity index (χ4v) is 2.79. The lowest BCUT2D eigenvalue weighted by atomic mass is 10.1. The molecule has 3 aromatic rings. The Morgan fingerprint density at radius 2 is 1.84 bits per heavy atom. The van der Waals surface area contributed by atoms with E-state index in [0.29, 0.717) is 0 Å². The van der Waals surface area contributed by atoms with Crippen LogP contribution in [0.1, 0.15) is 5.69 Å². The lowest BCUT2D eigenvalue weighted by Gasteiger charge is -2.11. The van der Waals surface area contributed by atoms with E-state index >= 15 is 0 Å². The third-order valence-corrected chi connectivity index (χ3v) is 3.85. The molecule has 1 heterocycles. The van der Waals surface area contributed by atoms with Crippen LogP contribution in [0.5, 0.6) is 0 Å². The Labute approximate surface area is 120 Å². The monoisotopic (exact) mass is 315 g/mol. The zero-order chi connectivity index (χ0) is 13.4. The van der Waals surface area contributed by atoms with Crippen molar-refractivity contribution in [1.29, 1.82) is 0 Å². The molecule has 0 saturated heterocycles. The van der Waals surface area contributed by atoms with Crippen molar-refractivity contribution in [3.05, 3.63) is 52.8 Å². The highest BCUT2D eigenvalue weighted by molar-refractivity contribution is 9.10. The van der Waals surface area contributed by atoms with E-state index in [2.05, 4.69) is 67.2 Å². The second kappa shape index (κ2) is 4.70. The number of aryl methyl sites for hydroxylation is 1. The van der Waals surface area contributed by atoms with Crippen LogP contribution in [0, 0.1) is 6.92 Å². The Morgan fingerprint density at radius 1 is 1.11 bits per heavy atom. The van der Waals surface area contributed by atoms with Crippen LogP contribution in [-0.4, -0.2) is 16.6 Å². The molecule has 4 heteroatoms. The second-order valence-electron chi connectivity index (χ2n) is 4.44. The van der Waals surface area contributed by atoms with Crippen molar-refractivity contribution in [2.45, 2.75) is 6.92 Å². The van der Waals surface area contributed by atoms with E-state index in [1.54, 1.807) is 0 Å². The van der Waals surface area contributed by atoms with Gasteiger partial charge in [0.15, 0.2) is 0 Å². The van der Waals surface area contributed by atoms with Crippen LogP contribution in [0.25, 0.3) is 16.5 Å². The van der Waals surface area contributed by atoms with Crippen molar-refractivity contribution in [3.8, 4) is 5.69 Å². The molecule has 0 amide bonds. The summed E-state index contributed by atoms with van der Waals surface area (Å²) in [5, 5.41) is 5.54. The molecule has 19 heavy (non-hydrogen) atoms. The highest BCUT2D eigenvalue weighted by Gasteiger charge is 2.10. The Kier molecular flexibility index (Phi) is 3.03. The number of halogens is 1. The third kappa shape index (κ3) is 2.02. The van der Waals surface area contributed by atoms with Gasteiger partial charge in [0, 0.05) is 23.1 Å². The molecule has 1 N–H and O–H groups in total. The van der Waals surface area contributed by atoms with Crippen LogP contribution < -0.4 is 5.32 Å². The van der Waals surface area contributed by atoms with Gasteiger partial charge in [0.05, 0.1) is 11.4 Å². The fourth-order valence-electron chi connectivity index (χ4n) is 2.31. The number of imidazole rings is 1. The lowest BCUT2D eigenvalue weighted by molar-refractivity contribution is 1.07. The number of hydrogen-bond acceptors (Lipinski definition) is 2. The molecule has 0 aliphatic heterocycles. The molecule has 0 atom stereocenters. The van der Waals surface area contributed by atoms with Gasteiger partial charge in [-0.25, -0.2) is 4.98 Å². The summed E-state index contributed by atoms with van der Waals surface area (Å²) in [5.41, 5.74) is 2.13. The zero-order valence-electron chi connectivity index (χ0n) is 10.8. The van der Waals surface area contributed by atoms with Gasteiger partial charge in [-0.05, 0) is 24.4 Å². The Balaban J connectivity index is 2.34. The standard InChI is InChI=1S/C15H14BrN3/c1-10-9-19(15(17-2)18-10)14-8-7-13(16)11-5-3-4-6-12(11)14/h3-9H,1-2H3,(H,17,18).